The van der Waals surface area contributed by atoms with Gasteiger partial charge in [0.2, 0.25) is 0 Å². The number of hydrogen-bond donors (Lipinski definition) is 0. The average Bonchev–Trinajstić information content (AvgIpc) is 2.78. The van der Waals surface area contributed by atoms with Gasteiger partial charge in [-0.05, 0) is 37.7 Å². The van der Waals surface area contributed by atoms with Crippen molar-refractivity contribution in [3.63, 3.8) is 0 Å². The van der Waals surface area contributed by atoms with Crippen molar-refractivity contribution in [2.24, 2.45) is 0 Å². The van der Waals surface area contributed by atoms with Crippen molar-refractivity contribution < 1.29 is 19.1 Å². The van der Waals surface area contributed by atoms with E-state index in [4.69, 9.17) is 9.47 Å². The van der Waals surface area contributed by atoms with Crippen molar-refractivity contribution in [2.45, 2.75) is 49.7 Å². The summed E-state index contributed by atoms with van der Waals surface area (Å²) in [6, 6.07) is 9.93. The van der Waals surface area contributed by atoms with Crippen molar-refractivity contribution >= 4 is 11.9 Å². The Labute approximate surface area is 136 Å². The summed E-state index contributed by atoms with van der Waals surface area (Å²) in [5.41, 5.74) is -0.341. The van der Waals surface area contributed by atoms with E-state index in [9.17, 15) is 9.59 Å². The van der Waals surface area contributed by atoms with Crippen LogP contribution in [0.3, 0.4) is 0 Å². The first-order valence-electron chi connectivity index (χ1n) is 8.07. The van der Waals surface area contributed by atoms with Crippen LogP contribution in [0.25, 0.3) is 0 Å². The molecular weight excluding hydrogens is 294 g/mol. The van der Waals surface area contributed by atoms with Gasteiger partial charge in [0.05, 0.1) is 14.2 Å². The second kappa shape index (κ2) is 5.96. The number of carbonyl (C=O) groups excluding carboxylic acids is 2. The molecule has 2 aliphatic heterocycles. The van der Waals surface area contributed by atoms with Gasteiger partial charge in [0.15, 0.2) is 0 Å². The molecule has 0 amide bonds. The number of nitrogens with zero attached hydrogens (tertiary/aromatic N) is 1. The maximum Gasteiger partial charge on any atom is 0.326 e. The van der Waals surface area contributed by atoms with Crippen LogP contribution in [0.5, 0.6) is 0 Å². The smallest absolute Gasteiger partial charge is 0.326 e. The van der Waals surface area contributed by atoms with Crippen LogP contribution in [-0.4, -0.2) is 42.1 Å². The first kappa shape index (κ1) is 16.0. The Morgan fingerprint density at radius 3 is 1.96 bits per heavy atom. The average molecular weight is 317 g/mol. The van der Waals surface area contributed by atoms with E-state index < -0.39 is 11.1 Å². The van der Waals surface area contributed by atoms with E-state index in [1.54, 1.807) is 0 Å². The molecule has 3 rings (SSSR count). The van der Waals surface area contributed by atoms with Crippen LogP contribution in [-0.2, 0) is 25.6 Å². The topological polar surface area (TPSA) is 55.8 Å². The van der Waals surface area contributed by atoms with E-state index in [0.717, 1.165) is 24.8 Å². The summed E-state index contributed by atoms with van der Waals surface area (Å²) in [4.78, 5) is 27.2. The second-order valence-corrected chi connectivity index (χ2v) is 6.47. The van der Waals surface area contributed by atoms with Crippen molar-refractivity contribution in [3.8, 4) is 0 Å². The van der Waals surface area contributed by atoms with E-state index in [1.807, 2.05) is 30.3 Å². The SMILES string of the molecule is COC(=O)C12CCCC(C(=O)OC)(CC1)N2Cc1ccccc1. The second-order valence-electron chi connectivity index (χ2n) is 6.47. The van der Waals surface area contributed by atoms with Gasteiger partial charge in [-0.2, -0.15) is 0 Å². The lowest BCUT2D eigenvalue weighted by Crippen LogP contribution is -2.63. The number of rotatable bonds is 4. The largest absolute Gasteiger partial charge is 0.468 e. The van der Waals surface area contributed by atoms with Crippen molar-refractivity contribution in [2.75, 3.05) is 14.2 Å². The molecule has 2 aliphatic rings. The first-order valence-corrected chi connectivity index (χ1v) is 8.07. The Kier molecular flexibility index (Phi) is 4.15. The van der Waals surface area contributed by atoms with E-state index in [1.165, 1.54) is 14.2 Å². The molecule has 124 valence electrons. The van der Waals surface area contributed by atoms with Gasteiger partial charge in [-0.3, -0.25) is 14.5 Å². The van der Waals surface area contributed by atoms with Gasteiger partial charge in [-0.25, -0.2) is 0 Å². The summed E-state index contributed by atoms with van der Waals surface area (Å²) in [5, 5.41) is 0. The first-order chi connectivity index (χ1) is 11.1. The van der Waals surface area contributed by atoms with Gasteiger partial charge in [0.25, 0.3) is 0 Å². The molecule has 23 heavy (non-hydrogen) atoms. The number of esters is 2. The molecule has 5 heteroatoms. The number of piperidine rings is 1. The Hall–Kier alpha value is -1.88. The highest BCUT2D eigenvalue weighted by atomic mass is 16.5. The maximum atomic E-state index is 12.6. The lowest BCUT2D eigenvalue weighted by Gasteiger charge is -2.47. The van der Waals surface area contributed by atoms with Gasteiger partial charge < -0.3 is 9.47 Å². The fourth-order valence-corrected chi connectivity index (χ4v) is 4.36. The van der Waals surface area contributed by atoms with E-state index >= 15 is 0 Å². The van der Waals surface area contributed by atoms with Crippen LogP contribution < -0.4 is 0 Å². The minimum atomic E-state index is -0.711. The third kappa shape index (κ3) is 2.34. The molecule has 0 aliphatic carbocycles. The molecule has 0 radical (unpaired) electrons. The van der Waals surface area contributed by atoms with Crippen molar-refractivity contribution in [1.29, 1.82) is 0 Å². The van der Waals surface area contributed by atoms with Crippen molar-refractivity contribution in [3.05, 3.63) is 35.9 Å². The quantitative estimate of drug-likeness (QED) is 0.798. The van der Waals surface area contributed by atoms with Gasteiger partial charge >= 0.3 is 11.9 Å². The normalized spacial score (nSPS) is 30.0. The van der Waals surface area contributed by atoms with Crippen LogP contribution >= 0.6 is 0 Å². The molecule has 1 aromatic rings. The lowest BCUT2D eigenvalue weighted by molar-refractivity contribution is -0.171. The molecule has 2 saturated heterocycles. The number of benzene rings is 1. The summed E-state index contributed by atoms with van der Waals surface area (Å²) < 4.78 is 10.2. The summed E-state index contributed by atoms with van der Waals surface area (Å²) in [6.07, 6.45) is 3.56. The van der Waals surface area contributed by atoms with Crippen LogP contribution in [0.15, 0.2) is 30.3 Å². The summed E-state index contributed by atoms with van der Waals surface area (Å²) >= 11 is 0. The fraction of sp³-hybridized carbons (Fsp3) is 0.556. The minimum absolute atomic E-state index is 0.237. The van der Waals surface area contributed by atoms with Gasteiger partial charge in [-0.15, -0.1) is 0 Å². The zero-order valence-electron chi connectivity index (χ0n) is 13.7. The van der Waals surface area contributed by atoms with Crippen LogP contribution in [0.2, 0.25) is 0 Å². The fourth-order valence-electron chi connectivity index (χ4n) is 4.36. The van der Waals surface area contributed by atoms with Crippen LogP contribution in [0.1, 0.15) is 37.7 Å². The molecule has 0 saturated carbocycles. The third-order valence-corrected chi connectivity index (χ3v) is 5.48. The molecule has 2 heterocycles. The molecule has 0 aromatic heterocycles. The highest BCUT2D eigenvalue weighted by Crippen LogP contribution is 2.52. The number of methoxy groups -OCH3 is 2. The standard InChI is InChI=1S/C18H23NO4/c1-22-15(20)17-9-6-10-18(12-11-17,16(21)23-2)19(17)13-14-7-4-3-5-8-14/h3-5,7-8H,6,9-13H2,1-2H3. The number of ether oxygens (including phenoxy) is 2. The van der Waals surface area contributed by atoms with Gasteiger partial charge in [-0.1, -0.05) is 30.3 Å². The monoisotopic (exact) mass is 317 g/mol. The zero-order valence-corrected chi connectivity index (χ0v) is 13.7. The molecule has 2 bridgehead atoms. The summed E-state index contributed by atoms with van der Waals surface area (Å²) in [5.74, 6) is -0.474. The zero-order chi connectivity index (χ0) is 16.5. The molecule has 0 N–H and O–H groups in total. The number of carbonyl (C=O) groups is 2. The lowest BCUT2D eigenvalue weighted by atomic mass is 9.83. The molecular formula is C18H23NO4. The molecule has 0 spiro atoms. The number of fused-ring (bicyclic) bond motifs is 2. The van der Waals surface area contributed by atoms with Crippen LogP contribution in [0, 0.1) is 0 Å². The Morgan fingerprint density at radius 1 is 0.957 bits per heavy atom. The Balaban J connectivity index is 2.03. The predicted octanol–water partition coefficient (Wildman–Crippen LogP) is 2.29. The molecule has 5 nitrogen and oxygen atoms in total. The van der Waals surface area contributed by atoms with E-state index in [-0.39, 0.29) is 11.9 Å². The maximum absolute atomic E-state index is 12.6. The Morgan fingerprint density at radius 2 is 1.48 bits per heavy atom. The molecule has 2 unspecified atom stereocenters. The van der Waals surface area contributed by atoms with Crippen LogP contribution in [0.4, 0.5) is 0 Å². The third-order valence-electron chi connectivity index (χ3n) is 5.48. The van der Waals surface area contributed by atoms with Gasteiger partial charge in [0, 0.05) is 6.54 Å². The predicted molar refractivity (Wildman–Crippen MR) is 84.6 cm³/mol. The highest BCUT2D eigenvalue weighted by Gasteiger charge is 2.64. The highest BCUT2D eigenvalue weighted by molar-refractivity contribution is 5.88. The molecule has 2 fully saturated rings. The van der Waals surface area contributed by atoms with Crippen molar-refractivity contribution in [1.82, 2.24) is 4.90 Å². The van der Waals surface area contributed by atoms with Gasteiger partial charge in [0.1, 0.15) is 11.1 Å². The Bertz CT molecular complexity index is 570. The van der Waals surface area contributed by atoms with E-state index in [0.29, 0.717) is 19.4 Å². The van der Waals surface area contributed by atoms with E-state index in [2.05, 4.69) is 4.90 Å². The summed E-state index contributed by atoms with van der Waals surface area (Å²) in [7, 11) is 2.84. The molecule has 1 aromatic carbocycles. The number of hydrogen-bond acceptors (Lipinski definition) is 5. The molecule has 2 atom stereocenters. The minimum Gasteiger partial charge on any atom is -0.468 e. The summed E-state index contributed by atoms with van der Waals surface area (Å²) in [6.45, 7) is 0.547.